The fraction of sp³-hybridized carbons (Fsp3) is 0.0417. The van der Waals surface area contributed by atoms with Crippen LogP contribution in [0.25, 0.3) is 16.7 Å². The molecule has 0 N–H and O–H groups in total. The van der Waals surface area contributed by atoms with Crippen molar-refractivity contribution in [2.45, 2.75) is 5.92 Å². The van der Waals surface area contributed by atoms with E-state index in [4.69, 9.17) is 9.15 Å². The summed E-state index contributed by atoms with van der Waals surface area (Å²) >= 11 is 0. The van der Waals surface area contributed by atoms with Gasteiger partial charge in [0.25, 0.3) is 5.69 Å². The Kier molecular flexibility index (Phi) is 4.17. The number of allylic oxidation sites excluding steroid dienone is 1. The largest absolute Gasteiger partial charge is 0.456 e. The van der Waals surface area contributed by atoms with Crippen molar-refractivity contribution in [1.29, 1.82) is 0 Å². The third kappa shape index (κ3) is 2.95. The monoisotopic (exact) mass is 397 g/mol. The van der Waals surface area contributed by atoms with E-state index < -0.39 is 16.5 Å². The Labute approximate surface area is 170 Å². The molecular formula is C24H15NO5. The molecule has 0 fully saturated rings. The van der Waals surface area contributed by atoms with E-state index in [9.17, 15) is 14.9 Å². The second-order valence-corrected chi connectivity index (χ2v) is 6.95. The maximum absolute atomic E-state index is 12.9. The number of rotatable bonds is 3. The molecule has 6 heteroatoms. The smallest absolute Gasteiger partial charge is 0.344 e. The molecule has 0 spiro atoms. The number of non-ortho nitro benzene ring substituents is 1. The molecule has 4 aromatic rings. The van der Waals surface area contributed by atoms with Crippen LogP contribution in [0.1, 0.15) is 22.6 Å². The third-order valence-electron chi connectivity index (χ3n) is 5.16. The van der Waals surface area contributed by atoms with E-state index in [1.165, 1.54) is 12.1 Å². The zero-order valence-electron chi connectivity index (χ0n) is 15.6. The van der Waals surface area contributed by atoms with Crippen molar-refractivity contribution in [3.05, 3.63) is 122 Å². The van der Waals surface area contributed by atoms with Gasteiger partial charge in [-0.3, -0.25) is 10.1 Å². The van der Waals surface area contributed by atoms with Crippen molar-refractivity contribution in [2.75, 3.05) is 0 Å². The van der Waals surface area contributed by atoms with Gasteiger partial charge in [0.1, 0.15) is 17.1 Å². The van der Waals surface area contributed by atoms with Crippen LogP contribution in [0, 0.1) is 10.1 Å². The van der Waals surface area contributed by atoms with Crippen molar-refractivity contribution in [3.8, 4) is 5.75 Å². The first-order valence-electron chi connectivity index (χ1n) is 9.37. The molecule has 0 saturated carbocycles. The van der Waals surface area contributed by atoms with E-state index in [1.807, 2.05) is 48.5 Å². The molecule has 0 aliphatic carbocycles. The summed E-state index contributed by atoms with van der Waals surface area (Å²) in [5.41, 5.74) is 1.92. The Morgan fingerprint density at radius 3 is 2.30 bits per heavy atom. The lowest BCUT2D eigenvalue weighted by Crippen LogP contribution is -2.19. The van der Waals surface area contributed by atoms with E-state index in [-0.39, 0.29) is 5.69 Å². The summed E-state index contributed by atoms with van der Waals surface area (Å²) in [6.45, 7) is 0. The first-order chi connectivity index (χ1) is 14.6. The molecule has 1 aliphatic rings. The molecular weight excluding hydrogens is 382 g/mol. The van der Waals surface area contributed by atoms with Crippen molar-refractivity contribution in [2.24, 2.45) is 0 Å². The molecule has 2 heterocycles. The minimum Gasteiger partial charge on any atom is -0.456 e. The van der Waals surface area contributed by atoms with E-state index in [0.717, 1.165) is 11.1 Å². The van der Waals surface area contributed by atoms with Crippen LogP contribution in [0.15, 0.2) is 94.2 Å². The maximum atomic E-state index is 12.9. The molecule has 0 radical (unpaired) electrons. The second-order valence-electron chi connectivity index (χ2n) is 6.95. The highest BCUT2D eigenvalue weighted by atomic mass is 16.6. The summed E-state index contributed by atoms with van der Waals surface area (Å²) in [4.78, 5) is 23.5. The van der Waals surface area contributed by atoms with Crippen LogP contribution in [-0.4, -0.2) is 4.92 Å². The maximum Gasteiger partial charge on any atom is 0.344 e. The Bertz CT molecular complexity index is 1350. The summed E-state index contributed by atoms with van der Waals surface area (Å²) in [7, 11) is 0. The molecule has 1 aromatic heterocycles. The number of nitro benzene ring substituents is 1. The molecule has 30 heavy (non-hydrogen) atoms. The van der Waals surface area contributed by atoms with Gasteiger partial charge >= 0.3 is 5.63 Å². The predicted molar refractivity (Wildman–Crippen MR) is 112 cm³/mol. The Hall–Kier alpha value is -4.19. The standard InChI is InChI=1S/C24H15NO5/c26-24-22-19(15-10-12-17(13-11-15)25(27)28)14-21(16-6-2-1-3-7-16)29-23(22)18-8-4-5-9-20(18)30-24/h1-14,19H. The highest BCUT2D eigenvalue weighted by Crippen LogP contribution is 2.43. The van der Waals surface area contributed by atoms with Gasteiger partial charge in [0, 0.05) is 23.6 Å². The van der Waals surface area contributed by atoms with E-state index >= 15 is 0 Å². The second kappa shape index (κ2) is 7.00. The van der Waals surface area contributed by atoms with Crippen molar-refractivity contribution < 1.29 is 14.1 Å². The number of hydrogen-bond donors (Lipinski definition) is 0. The predicted octanol–water partition coefficient (Wildman–Crippen LogP) is 5.27. The number of fused-ring (bicyclic) bond motifs is 3. The van der Waals surface area contributed by atoms with Crippen molar-refractivity contribution in [3.63, 3.8) is 0 Å². The van der Waals surface area contributed by atoms with Crippen molar-refractivity contribution in [1.82, 2.24) is 0 Å². The molecule has 1 aliphatic heterocycles. The van der Waals surface area contributed by atoms with Gasteiger partial charge in [-0.15, -0.1) is 0 Å². The molecule has 6 nitrogen and oxygen atoms in total. The Balaban J connectivity index is 1.75. The number of ether oxygens (including phenoxy) is 1. The third-order valence-corrected chi connectivity index (χ3v) is 5.16. The molecule has 0 bridgehead atoms. The summed E-state index contributed by atoms with van der Waals surface area (Å²) in [5, 5.41) is 11.7. The van der Waals surface area contributed by atoms with Crippen LogP contribution < -0.4 is 10.4 Å². The van der Waals surface area contributed by atoms with Gasteiger partial charge in [-0.2, -0.15) is 0 Å². The molecule has 1 unspecified atom stereocenters. The number of nitrogens with zero attached hydrogens (tertiary/aromatic N) is 1. The minimum absolute atomic E-state index is 0.0103. The number of nitro groups is 1. The van der Waals surface area contributed by atoms with E-state index in [1.54, 1.807) is 24.3 Å². The lowest BCUT2D eigenvalue weighted by molar-refractivity contribution is -0.384. The molecule has 146 valence electrons. The highest BCUT2D eigenvalue weighted by Gasteiger charge is 2.30. The fourth-order valence-corrected chi connectivity index (χ4v) is 3.72. The van der Waals surface area contributed by atoms with Gasteiger partial charge in [-0.05, 0) is 23.8 Å². The number of hydrogen-bond acceptors (Lipinski definition) is 5. The normalized spacial score (nSPS) is 15.2. The molecule has 0 saturated heterocycles. The van der Waals surface area contributed by atoms with E-state index in [0.29, 0.717) is 28.0 Å². The summed E-state index contributed by atoms with van der Waals surface area (Å²) in [6.07, 6.45) is 1.85. The van der Waals surface area contributed by atoms with Gasteiger partial charge < -0.3 is 9.15 Å². The molecule has 1 atom stereocenters. The highest BCUT2D eigenvalue weighted by molar-refractivity contribution is 5.87. The van der Waals surface area contributed by atoms with Crippen LogP contribution in [0.2, 0.25) is 0 Å². The first-order valence-corrected chi connectivity index (χ1v) is 9.37. The van der Waals surface area contributed by atoms with Crippen LogP contribution in [0.3, 0.4) is 0 Å². The summed E-state index contributed by atoms with van der Waals surface area (Å²) in [6, 6.07) is 23.0. The van der Waals surface area contributed by atoms with Crippen LogP contribution in [0.5, 0.6) is 5.75 Å². The van der Waals surface area contributed by atoms with Crippen molar-refractivity contribution >= 4 is 22.4 Å². The van der Waals surface area contributed by atoms with Crippen LogP contribution in [0.4, 0.5) is 5.69 Å². The summed E-state index contributed by atoms with van der Waals surface area (Å²) in [5.74, 6) is 0.597. The minimum atomic E-state index is -0.490. The SMILES string of the molecule is O=c1oc2ccccc2c2c1C(c1ccc([N+](=O)[O-])cc1)C=C(c1ccccc1)O2. The Morgan fingerprint density at radius 2 is 1.57 bits per heavy atom. The van der Waals surface area contributed by atoms with E-state index in [2.05, 4.69) is 0 Å². The lowest BCUT2D eigenvalue weighted by atomic mass is 9.88. The van der Waals surface area contributed by atoms with Crippen LogP contribution in [-0.2, 0) is 0 Å². The van der Waals surface area contributed by atoms with Gasteiger partial charge in [0.2, 0.25) is 0 Å². The first kappa shape index (κ1) is 17.9. The number of para-hydroxylation sites is 1. The quantitative estimate of drug-likeness (QED) is 0.267. The van der Waals surface area contributed by atoms with Gasteiger partial charge in [0.05, 0.1) is 15.9 Å². The zero-order chi connectivity index (χ0) is 20.7. The molecule has 0 amide bonds. The van der Waals surface area contributed by atoms with Crippen LogP contribution >= 0.6 is 0 Å². The fourth-order valence-electron chi connectivity index (χ4n) is 3.72. The average Bonchev–Trinajstić information content (AvgIpc) is 2.79. The van der Waals surface area contributed by atoms with Gasteiger partial charge in [0.15, 0.2) is 0 Å². The average molecular weight is 397 g/mol. The topological polar surface area (TPSA) is 82.6 Å². The lowest BCUT2D eigenvalue weighted by Gasteiger charge is -2.25. The Morgan fingerprint density at radius 1 is 0.867 bits per heavy atom. The molecule has 5 rings (SSSR count). The molecule has 3 aromatic carbocycles. The van der Waals surface area contributed by atoms with Gasteiger partial charge in [-0.1, -0.05) is 54.6 Å². The number of benzene rings is 3. The summed E-state index contributed by atoms with van der Waals surface area (Å²) < 4.78 is 11.8. The van der Waals surface area contributed by atoms with Gasteiger partial charge in [-0.25, -0.2) is 4.79 Å². The zero-order valence-corrected chi connectivity index (χ0v) is 15.6.